The molecule has 11 nitrogen and oxygen atoms in total. The maximum absolute atomic E-state index is 10.8. The molecule has 0 heterocycles. The molecule has 0 saturated heterocycles. The van der Waals surface area contributed by atoms with Crippen LogP contribution in [0.3, 0.4) is 0 Å². The van der Waals surface area contributed by atoms with E-state index in [2.05, 4.69) is 44.2 Å². The van der Waals surface area contributed by atoms with E-state index in [9.17, 15) is 4.79 Å². The molecule has 0 aliphatic rings. The normalized spacial score (nSPS) is 12.4. The van der Waals surface area contributed by atoms with Crippen LogP contribution in [0.4, 0.5) is 0 Å². The SMILES string of the molecule is C=C(CCOCCOCCC(C)=O)NCCOCCOCCOCCOCCOCCOCCN/C=C(/CCC)C(C)CC. The van der Waals surface area contributed by atoms with Gasteiger partial charge in [-0.15, -0.1) is 0 Å². The summed E-state index contributed by atoms with van der Waals surface area (Å²) in [5.74, 6) is 0.762. The average Bonchev–Trinajstić information content (AvgIpc) is 3.01. The molecule has 0 saturated carbocycles. The average molecular weight is 633 g/mol. The Hall–Kier alpha value is -1.57. The third kappa shape index (κ3) is 31.8. The van der Waals surface area contributed by atoms with E-state index in [1.807, 2.05) is 0 Å². The van der Waals surface area contributed by atoms with Crippen LogP contribution in [0, 0.1) is 5.92 Å². The van der Waals surface area contributed by atoms with Crippen molar-refractivity contribution in [2.24, 2.45) is 5.92 Å². The highest BCUT2D eigenvalue weighted by Crippen LogP contribution is 2.18. The zero-order valence-electron chi connectivity index (χ0n) is 28.3. The van der Waals surface area contributed by atoms with Crippen LogP contribution >= 0.6 is 0 Å². The summed E-state index contributed by atoms with van der Waals surface area (Å²) in [7, 11) is 0. The first-order chi connectivity index (χ1) is 21.5. The minimum absolute atomic E-state index is 0.133. The standard InChI is InChI=1S/C33H64N2O9/c1-6-8-33(30(3)7-2)29-34-11-15-39-19-21-41-23-25-43-27-28-44-26-24-42-22-20-40-16-12-35-31(4)9-13-37-17-18-38-14-10-32(5)36/h29-30,34-35H,4,6-28H2,1-3,5H3/b33-29-. The van der Waals surface area contributed by atoms with E-state index < -0.39 is 0 Å². The summed E-state index contributed by atoms with van der Waals surface area (Å²) in [6, 6.07) is 0. The Labute approximate surface area is 267 Å². The van der Waals surface area contributed by atoms with Crippen LogP contribution in [0.5, 0.6) is 0 Å². The summed E-state index contributed by atoms with van der Waals surface area (Å²) >= 11 is 0. The van der Waals surface area contributed by atoms with Crippen LogP contribution in [0.2, 0.25) is 0 Å². The molecule has 0 fully saturated rings. The molecule has 1 atom stereocenters. The van der Waals surface area contributed by atoms with Gasteiger partial charge in [-0.3, -0.25) is 4.79 Å². The molecule has 0 aliphatic carbocycles. The van der Waals surface area contributed by atoms with Gasteiger partial charge in [-0.05, 0) is 31.9 Å². The molecule has 1 unspecified atom stereocenters. The molecule has 0 aliphatic heterocycles. The van der Waals surface area contributed by atoms with E-state index in [-0.39, 0.29) is 5.78 Å². The second kappa shape index (κ2) is 34.3. The highest BCUT2D eigenvalue weighted by Gasteiger charge is 2.05. The smallest absolute Gasteiger partial charge is 0.132 e. The summed E-state index contributed by atoms with van der Waals surface area (Å²) in [6.07, 6.45) is 6.84. The van der Waals surface area contributed by atoms with Crippen molar-refractivity contribution in [2.45, 2.75) is 59.8 Å². The van der Waals surface area contributed by atoms with Gasteiger partial charge < -0.3 is 48.5 Å². The molecule has 0 bridgehead atoms. The maximum Gasteiger partial charge on any atom is 0.132 e. The van der Waals surface area contributed by atoms with Crippen molar-refractivity contribution in [3.63, 3.8) is 0 Å². The summed E-state index contributed by atoms with van der Waals surface area (Å²) in [5.41, 5.74) is 2.40. The van der Waals surface area contributed by atoms with E-state index in [4.69, 9.17) is 37.9 Å². The third-order valence-corrected chi connectivity index (χ3v) is 6.46. The first kappa shape index (κ1) is 42.4. The molecular weight excluding hydrogens is 568 g/mol. The summed E-state index contributed by atoms with van der Waals surface area (Å²) in [5, 5.41) is 6.59. The largest absolute Gasteiger partial charge is 0.389 e. The Kier molecular flexibility index (Phi) is 33.1. The fraction of sp³-hybridized carbons (Fsp3) is 0.848. The van der Waals surface area contributed by atoms with Crippen LogP contribution in [0.25, 0.3) is 0 Å². The van der Waals surface area contributed by atoms with Crippen molar-refractivity contribution in [1.82, 2.24) is 10.6 Å². The molecule has 44 heavy (non-hydrogen) atoms. The highest BCUT2D eigenvalue weighted by atomic mass is 16.6. The van der Waals surface area contributed by atoms with E-state index in [0.29, 0.717) is 125 Å². The first-order valence-corrected chi connectivity index (χ1v) is 16.5. The zero-order valence-corrected chi connectivity index (χ0v) is 28.3. The number of carbonyl (C=O) groups excluding carboxylic acids is 1. The lowest BCUT2D eigenvalue weighted by molar-refractivity contribution is -0.118. The van der Waals surface area contributed by atoms with E-state index in [1.165, 1.54) is 18.4 Å². The lowest BCUT2D eigenvalue weighted by Crippen LogP contribution is -2.21. The number of carbonyl (C=O) groups is 1. The van der Waals surface area contributed by atoms with Gasteiger partial charge in [0.25, 0.3) is 0 Å². The van der Waals surface area contributed by atoms with Gasteiger partial charge in [0.2, 0.25) is 0 Å². The lowest BCUT2D eigenvalue weighted by Gasteiger charge is -2.14. The topological polar surface area (TPSA) is 115 Å². The Bertz CT molecular complexity index is 680. The highest BCUT2D eigenvalue weighted by molar-refractivity contribution is 5.75. The second-order valence-corrected chi connectivity index (χ2v) is 10.4. The third-order valence-electron chi connectivity index (χ3n) is 6.46. The fourth-order valence-corrected chi connectivity index (χ4v) is 3.67. The van der Waals surface area contributed by atoms with Crippen molar-refractivity contribution < 1.29 is 42.7 Å². The van der Waals surface area contributed by atoms with Crippen LogP contribution < -0.4 is 10.6 Å². The number of rotatable bonds is 36. The van der Waals surface area contributed by atoms with Gasteiger partial charge >= 0.3 is 0 Å². The molecule has 0 rings (SSSR count). The van der Waals surface area contributed by atoms with Crippen LogP contribution in [0.1, 0.15) is 59.8 Å². The van der Waals surface area contributed by atoms with Gasteiger partial charge in [0.1, 0.15) is 5.78 Å². The van der Waals surface area contributed by atoms with Gasteiger partial charge in [-0.1, -0.05) is 39.3 Å². The number of allylic oxidation sites excluding steroid dienone is 1. The molecule has 11 heteroatoms. The Morgan fingerprint density at radius 1 is 0.614 bits per heavy atom. The van der Waals surface area contributed by atoms with Crippen molar-refractivity contribution in [1.29, 1.82) is 0 Å². The molecule has 0 aromatic carbocycles. The summed E-state index contributed by atoms with van der Waals surface area (Å²) in [6.45, 7) is 22.4. The fourth-order valence-electron chi connectivity index (χ4n) is 3.67. The molecule has 0 aromatic rings. The molecular formula is C33H64N2O9. The number of hydrogen-bond donors (Lipinski definition) is 2. The molecule has 0 aromatic heterocycles. The molecule has 0 radical (unpaired) electrons. The van der Waals surface area contributed by atoms with Gasteiger partial charge in [-0.2, -0.15) is 0 Å². The Balaban J connectivity index is 3.26. The van der Waals surface area contributed by atoms with Gasteiger partial charge in [0.05, 0.1) is 106 Å². The van der Waals surface area contributed by atoms with Crippen LogP contribution in [-0.4, -0.2) is 125 Å². The van der Waals surface area contributed by atoms with Gasteiger partial charge in [0.15, 0.2) is 0 Å². The Morgan fingerprint density at radius 2 is 1.02 bits per heavy atom. The molecule has 0 amide bonds. The minimum atomic E-state index is 0.133. The monoisotopic (exact) mass is 632 g/mol. The van der Waals surface area contributed by atoms with Crippen molar-refractivity contribution in [2.75, 3.05) is 119 Å². The van der Waals surface area contributed by atoms with E-state index >= 15 is 0 Å². The van der Waals surface area contributed by atoms with Crippen molar-refractivity contribution in [3.05, 3.63) is 24.0 Å². The van der Waals surface area contributed by atoms with Crippen molar-refractivity contribution in [3.8, 4) is 0 Å². The zero-order chi connectivity index (χ0) is 32.4. The predicted molar refractivity (Wildman–Crippen MR) is 174 cm³/mol. The number of ether oxygens (including phenoxy) is 8. The Morgan fingerprint density at radius 3 is 1.45 bits per heavy atom. The quantitative estimate of drug-likeness (QED) is 0.0980. The number of hydrogen-bond acceptors (Lipinski definition) is 11. The van der Waals surface area contributed by atoms with Gasteiger partial charge in [-0.25, -0.2) is 0 Å². The number of ketones is 1. The number of Topliss-reactive ketones (excluding diaryl/α,β-unsaturated/α-hetero) is 1. The number of nitrogens with one attached hydrogen (secondary N) is 2. The second-order valence-electron chi connectivity index (χ2n) is 10.4. The van der Waals surface area contributed by atoms with E-state index in [1.54, 1.807) is 6.92 Å². The van der Waals surface area contributed by atoms with E-state index in [0.717, 1.165) is 25.1 Å². The lowest BCUT2D eigenvalue weighted by atomic mass is 9.95. The van der Waals surface area contributed by atoms with Crippen LogP contribution in [-0.2, 0) is 42.7 Å². The molecule has 0 spiro atoms. The van der Waals surface area contributed by atoms with Crippen LogP contribution in [0.15, 0.2) is 24.0 Å². The summed E-state index contributed by atoms with van der Waals surface area (Å²) in [4.78, 5) is 10.8. The summed E-state index contributed by atoms with van der Waals surface area (Å²) < 4.78 is 44.0. The minimum Gasteiger partial charge on any atom is -0.389 e. The first-order valence-electron chi connectivity index (χ1n) is 16.5. The maximum atomic E-state index is 10.8. The predicted octanol–water partition coefficient (Wildman–Crippen LogP) is 3.91. The molecule has 260 valence electrons. The van der Waals surface area contributed by atoms with Gasteiger partial charge in [0, 0.05) is 31.6 Å². The molecule has 2 N–H and O–H groups in total. The van der Waals surface area contributed by atoms with Crippen molar-refractivity contribution >= 4 is 5.78 Å².